The van der Waals surface area contributed by atoms with Gasteiger partial charge in [-0.1, -0.05) is 35.7 Å². The number of nitrogens with zero attached hydrogens (tertiary/aromatic N) is 1. The van der Waals surface area contributed by atoms with Crippen LogP contribution in [0.5, 0.6) is 0 Å². The molecule has 1 heterocycles. The largest absolute Gasteiger partial charge is 0.293 e. The molecule has 1 N–H and O–H groups in total. The van der Waals surface area contributed by atoms with Crippen LogP contribution in [0, 0.1) is 11.8 Å². The van der Waals surface area contributed by atoms with Gasteiger partial charge in [0.1, 0.15) is 5.15 Å². The summed E-state index contributed by atoms with van der Waals surface area (Å²) in [4.78, 5) is 12.2. The molecule has 0 bridgehead atoms. The maximum atomic E-state index is 12.2. The standard InChI is InChI=1S/C15H12Cl2N2O/c16-13-12(8-2-1-3-9(8)14(13)20)7-4-5-11-10(6-7)15(17)19-18-11/h4-6,8-9H,1-3H2,(H,18,19). The van der Waals surface area contributed by atoms with Crippen LogP contribution in [0.2, 0.25) is 5.15 Å². The molecule has 2 aliphatic carbocycles. The molecule has 1 aromatic heterocycles. The lowest BCUT2D eigenvalue weighted by Crippen LogP contribution is -2.10. The Bertz CT molecular complexity index is 762. The quantitative estimate of drug-likeness (QED) is 0.859. The molecule has 5 heteroatoms. The minimum Gasteiger partial charge on any atom is -0.293 e. The fourth-order valence-electron chi connectivity index (χ4n) is 3.56. The number of aromatic nitrogens is 2. The smallest absolute Gasteiger partial charge is 0.178 e. The Hall–Kier alpha value is -1.32. The minimum absolute atomic E-state index is 0.0908. The first-order chi connectivity index (χ1) is 9.66. The number of halogens is 2. The van der Waals surface area contributed by atoms with Gasteiger partial charge >= 0.3 is 0 Å². The normalized spacial score (nSPS) is 25.8. The molecular weight excluding hydrogens is 295 g/mol. The summed E-state index contributed by atoms with van der Waals surface area (Å²) in [5.41, 5.74) is 2.81. The zero-order chi connectivity index (χ0) is 13.9. The van der Waals surface area contributed by atoms with Crippen molar-refractivity contribution in [3.63, 3.8) is 0 Å². The Morgan fingerprint density at radius 2 is 2.00 bits per heavy atom. The molecule has 0 amide bonds. The van der Waals surface area contributed by atoms with Gasteiger partial charge < -0.3 is 0 Å². The second-order valence-corrected chi connectivity index (χ2v) is 6.26. The average Bonchev–Trinajstić information content (AvgIpc) is 3.11. The highest BCUT2D eigenvalue weighted by molar-refractivity contribution is 6.47. The van der Waals surface area contributed by atoms with E-state index in [1.807, 2.05) is 18.2 Å². The molecule has 0 radical (unpaired) electrons. The molecule has 2 aromatic rings. The van der Waals surface area contributed by atoms with Crippen molar-refractivity contribution in [2.45, 2.75) is 19.3 Å². The summed E-state index contributed by atoms with van der Waals surface area (Å²) in [5, 5.41) is 8.68. The highest BCUT2D eigenvalue weighted by Gasteiger charge is 2.44. The van der Waals surface area contributed by atoms with Gasteiger partial charge in [-0.2, -0.15) is 5.10 Å². The highest BCUT2D eigenvalue weighted by atomic mass is 35.5. The Morgan fingerprint density at radius 1 is 1.20 bits per heavy atom. The monoisotopic (exact) mass is 306 g/mol. The van der Waals surface area contributed by atoms with Crippen LogP contribution in [-0.4, -0.2) is 16.0 Å². The zero-order valence-corrected chi connectivity index (χ0v) is 12.1. The van der Waals surface area contributed by atoms with Gasteiger partial charge in [-0.05, 0) is 42.0 Å². The highest BCUT2D eigenvalue weighted by Crippen LogP contribution is 2.50. The Balaban J connectivity index is 1.89. The fraction of sp³-hybridized carbons (Fsp3) is 0.333. The van der Waals surface area contributed by atoms with Crippen LogP contribution in [0.1, 0.15) is 24.8 Å². The minimum atomic E-state index is 0.0908. The van der Waals surface area contributed by atoms with Gasteiger partial charge in [-0.3, -0.25) is 9.89 Å². The third-order valence-corrected chi connectivity index (χ3v) is 5.17. The SMILES string of the molecule is O=C1C(Cl)=C(c2ccc3n[nH]c(Cl)c3c2)C2CCCC12. The van der Waals surface area contributed by atoms with Gasteiger partial charge in [-0.25, -0.2) is 0 Å². The van der Waals surface area contributed by atoms with Crippen molar-refractivity contribution in [1.29, 1.82) is 0 Å². The second-order valence-electron chi connectivity index (χ2n) is 5.51. The molecule has 2 unspecified atom stereocenters. The lowest BCUT2D eigenvalue weighted by molar-refractivity contribution is -0.118. The molecule has 2 atom stereocenters. The molecule has 1 fully saturated rings. The van der Waals surface area contributed by atoms with Gasteiger partial charge in [0.2, 0.25) is 0 Å². The number of benzene rings is 1. The van der Waals surface area contributed by atoms with Crippen LogP contribution in [-0.2, 0) is 4.79 Å². The number of carbonyl (C=O) groups is 1. The number of carbonyl (C=O) groups excluding carboxylic acids is 1. The lowest BCUT2D eigenvalue weighted by atomic mass is 9.90. The Labute approximate surface area is 125 Å². The van der Waals surface area contributed by atoms with E-state index in [-0.39, 0.29) is 17.6 Å². The summed E-state index contributed by atoms with van der Waals surface area (Å²) in [6, 6.07) is 5.87. The summed E-state index contributed by atoms with van der Waals surface area (Å²) in [7, 11) is 0. The number of allylic oxidation sites excluding steroid dienone is 2. The second kappa shape index (κ2) is 4.34. The van der Waals surface area contributed by atoms with Crippen molar-refractivity contribution in [3.05, 3.63) is 33.9 Å². The van der Waals surface area contributed by atoms with Crippen molar-refractivity contribution in [2.24, 2.45) is 11.8 Å². The first-order valence-electron chi connectivity index (χ1n) is 6.74. The number of H-pyrrole nitrogens is 1. The van der Waals surface area contributed by atoms with E-state index in [1.54, 1.807) is 0 Å². The molecule has 0 saturated heterocycles. The number of rotatable bonds is 1. The van der Waals surface area contributed by atoms with Crippen LogP contribution in [0.15, 0.2) is 23.2 Å². The Kier molecular flexibility index (Phi) is 2.69. The van der Waals surface area contributed by atoms with Gasteiger partial charge in [-0.15, -0.1) is 0 Å². The molecule has 4 rings (SSSR count). The van der Waals surface area contributed by atoms with Crippen LogP contribution in [0.4, 0.5) is 0 Å². The Morgan fingerprint density at radius 3 is 2.85 bits per heavy atom. The molecule has 1 aromatic carbocycles. The van der Waals surface area contributed by atoms with Crippen LogP contribution in [0.25, 0.3) is 16.5 Å². The van der Waals surface area contributed by atoms with E-state index in [0.29, 0.717) is 10.2 Å². The van der Waals surface area contributed by atoms with Crippen molar-refractivity contribution in [1.82, 2.24) is 10.2 Å². The zero-order valence-electron chi connectivity index (χ0n) is 10.6. The molecule has 102 valence electrons. The maximum absolute atomic E-state index is 12.2. The van der Waals surface area contributed by atoms with E-state index in [4.69, 9.17) is 23.2 Å². The van der Waals surface area contributed by atoms with Crippen LogP contribution >= 0.6 is 23.2 Å². The molecular formula is C15H12Cl2N2O. The predicted octanol–water partition coefficient (Wildman–Crippen LogP) is 4.17. The van der Waals surface area contributed by atoms with E-state index in [9.17, 15) is 4.79 Å². The number of Topliss-reactive ketones (excluding diaryl/α,β-unsaturated/α-hetero) is 1. The first kappa shape index (κ1) is 12.4. The third-order valence-electron chi connectivity index (χ3n) is 4.49. The van der Waals surface area contributed by atoms with Crippen LogP contribution < -0.4 is 0 Å². The lowest BCUT2D eigenvalue weighted by Gasteiger charge is -2.13. The van der Waals surface area contributed by atoms with E-state index in [0.717, 1.165) is 41.3 Å². The average molecular weight is 307 g/mol. The molecule has 3 nitrogen and oxygen atoms in total. The van der Waals surface area contributed by atoms with E-state index >= 15 is 0 Å². The molecule has 2 aliphatic rings. The van der Waals surface area contributed by atoms with Gasteiger partial charge in [0.05, 0.1) is 10.5 Å². The summed E-state index contributed by atoms with van der Waals surface area (Å²) >= 11 is 12.4. The van der Waals surface area contributed by atoms with Crippen molar-refractivity contribution in [3.8, 4) is 0 Å². The topological polar surface area (TPSA) is 45.8 Å². The van der Waals surface area contributed by atoms with Gasteiger partial charge in [0, 0.05) is 11.3 Å². The van der Waals surface area contributed by atoms with Crippen molar-refractivity contribution >= 4 is 45.5 Å². The number of ketones is 1. The number of hydrogen-bond acceptors (Lipinski definition) is 2. The number of aromatic amines is 1. The van der Waals surface area contributed by atoms with E-state index in [1.165, 1.54) is 0 Å². The van der Waals surface area contributed by atoms with Crippen molar-refractivity contribution in [2.75, 3.05) is 0 Å². The summed E-state index contributed by atoms with van der Waals surface area (Å²) < 4.78 is 0. The number of nitrogens with one attached hydrogen (secondary N) is 1. The number of hydrogen-bond donors (Lipinski definition) is 1. The van der Waals surface area contributed by atoms with E-state index in [2.05, 4.69) is 10.2 Å². The van der Waals surface area contributed by atoms with Crippen LogP contribution in [0.3, 0.4) is 0 Å². The van der Waals surface area contributed by atoms with Crippen molar-refractivity contribution < 1.29 is 4.79 Å². The molecule has 0 spiro atoms. The fourth-order valence-corrected chi connectivity index (χ4v) is 4.15. The summed E-state index contributed by atoms with van der Waals surface area (Å²) in [5.74, 6) is 0.480. The van der Waals surface area contributed by atoms with E-state index < -0.39 is 0 Å². The maximum Gasteiger partial charge on any atom is 0.178 e. The predicted molar refractivity (Wildman–Crippen MR) is 79.7 cm³/mol. The first-order valence-corrected chi connectivity index (χ1v) is 7.50. The molecule has 1 saturated carbocycles. The summed E-state index contributed by atoms with van der Waals surface area (Å²) in [6.45, 7) is 0. The molecule has 20 heavy (non-hydrogen) atoms. The van der Waals surface area contributed by atoms with Gasteiger partial charge in [0.15, 0.2) is 5.78 Å². The van der Waals surface area contributed by atoms with Gasteiger partial charge in [0.25, 0.3) is 0 Å². The molecule has 0 aliphatic heterocycles. The number of fused-ring (bicyclic) bond motifs is 2. The summed E-state index contributed by atoms with van der Waals surface area (Å²) in [6.07, 6.45) is 3.10. The third kappa shape index (κ3) is 1.60.